The van der Waals surface area contributed by atoms with Crippen LogP contribution in [0.2, 0.25) is 0 Å². The van der Waals surface area contributed by atoms with Crippen molar-refractivity contribution in [3.63, 3.8) is 0 Å². The average Bonchev–Trinajstić information content (AvgIpc) is 2.51. The number of aliphatic hydroxyl groups excluding tert-OH is 1. The van der Waals surface area contributed by atoms with Crippen LogP contribution in [0.25, 0.3) is 0 Å². The highest BCUT2D eigenvalue weighted by Crippen LogP contribution is 2.06. The molecule has 1 aliphatic rings. The van der Waals surface area contributed by atoms with Gasteiger partial charge in [0.15, 0.2) is 9.84 Å². The standard InChI is InChI=1S/C12H26N2O3S/c1-2-5-13-12(11-15)4-7-14-6-3-9-18(16,17)10-8-14/h12-13,15H,2-11H2,1H3. The van der Waals surface area contributed by atoms with Crippen LogP contribution in [0, 0.1) is 0 Å². The van der Waals surface area contributed by atoms with E-state index in [2.05, 4.69) is 17.1 Å². The Labute approximate surface area is 110 Å². The maximum absolute atomic E-state index is 11.5. The second kappa shape index (κ2) is 8.09. The van der Waals surface area contributed by atoms with Crippen molar-refractivity contribution in [3.05, 3.63) is 0 Å². The van der Waals surface area contributed by atoms with E-state index in [0.29, 0.717) is 12.3 Å². The van der Waals surface area contributed by atoms with Crippen molar-refractivity contribution in [1.82, 2.24) is 10.2 Å². The molecule has 0 bridgehead atoms. The highest BCUT2D eigenvalue weighted by atomic mass is 32.2. The van der Waals surface area contributed by atoms with Crippen molar-refractivity contribution in [2.75, 3.05) is 44.3 Å². The van der Waals surface area contributed by atoms with Gasteiger partial charge in [0.2, 0.25) is 0 Å². The second-order valence-electron chi connectivity index (χ2n) is 4.97. The van der Waals surface area contributed by atoms with Crippen LogP contribution in [0.3, 0.4) is 0 Å². The minimum absolute atomic E-state index is 0.129. The van der Waals surface area contributed by atoms with Gasteiger partial charge in [0.25, 0.3) is 0 Å². The summed E-state index contributed by atoms with van der Waals surface area (Å²) in [5.74, 6) is 0.597. The van der Waals surface area contributed by atoms with Crippen LogP contribution in [-0.2, 0) is 9.84 Å². The number of rotatable bonds is 7. The predicted octanol–water partition coefficient (Wildman–Crippen LogP) is -0.142. The summed E-state index contributed by atoms with van der Waals surface area (Å²) in [4.78, 5) is 2.20. The van der Waals surface area contributed by atoms with E-state index in [4.69, 9.17) is 0 Å². The summed E-state index contributed by atoms with van der Waals surface area (Å²) in [6.07, 6.45) is 2.66. The molecule has 1 rings (SSSR count). The number of nitrogens with zero attached hydrogens (tertiary/aromatic N) is 1. The summed E-state index contributed by atoms with van der Waals surface area (Å²) in [6.45, 7) is 5.50. The van der Waals surface area contributed by atoms with Gasteiger partial charge in [-0.15, -0.1) is 0 Å². The first-order chi connectivity index (χ1) is 8.57. The molecule has 1 unspecified atom stereocenters. The lowest BCUT2D eigenvalue weighted by atomic mass is 10.2. The number of sulfone groups is 1. The third-order valence-corrected chi connectivity index (χ3v) is 5.06. The van der Waals surface area contributed by atoms with Gasteiger partial charge in [-0.3, -0.25) is 0 Å². The molecule has 1 atom stereocenters. The zero-order valence-corrected chi connectivity index (χ0v) is 12.1. The van der Waals surface area contributed by atoms with Crippen molar-refractivity contribution in [3.8, 4) is 0 Å². The van der Waals surface area contributed by atoms with E-state index in [-0.39, 0.29) is 18.4 Å². The first kappa shape index (κ1) is 15.9. The van der Waals surface area contributed by atoms with Gasteiger partial charge in [0.05, 0.1) is 18.1 Å². The second-order valence-corrected chi connectivity index (χ2v) is 7.27. The summed E-state index contributed by atoms with van der Waals surface area (Å²) in [7, 11) is -2.82. The largest absolute Gasteiger partial charge is 0.395 e. The van der Waals surface area contributed by atoms with Crippen LogP contribution in [0.15, 0.2) is 0 Å². The van der Waals surface area contributed by atoms with Gasteiger partial charge >= 0.3 is 0 Å². The number of hydrogen-bond acceptors (Lipinski definition) is 5. The lowest BCUT2D eigenvalue weighted by Crippen LogP contribution is -2.38. The molecule has 0 aromatic heterocycles. The van der Waals surface area contributed by atoms with Crippen molar-refractivity contribution in [2.45, 2.75) is 32.2 Å². The highest BCUT2D eigenvalue weighted by molar-refractivity contribution is 7.91. The summed E-state index contributed by atoms with van der Waals surface area (Å²) < 4.78 is 22.9. The maximum atomic E-state index is 11.5. The van der Waals surface area contributed by atoms with Crippen LogP contribution >= 0.6 is 0 Å². The molecular formula is C12H26N2O3S. The molecule has 0 radical (unpaired) electrons. The Morgan fingerprint density at radius 2 is 2.11 bits per heavy atom. The van der Waals surface area contributed by atoms with Gasteiger partial charge in [0, 0.05) is 12.6 Å². The Bertz CT molecular complexity index is 319. The SMILES string of the molecule is CCCNC(CO)CCN1CCCS(=O)(=O)CC1. The van der Waals surface area contributed by atoms with E-state index in [1.807, 2.05) is 0 Å². The number of hydrogen-bond donors (Lipinski definition) is 2. The molecule has 0 saturated carbocycles. The number of nitrogens with one attached hydrogen (secondary N) is 1. The average molecular weight is 278 g/mol. The number of aliphatic hydroxyl groups is 1. The fourth-order valence-corrected chi connectivity index (χ4v) is 3.47. The van der Waals surface area contributed by atoms with Crippen molar-refractivity contribution in [2.24, 2.45) is 0 Å². The van der Waals surface area contributed by atoms with E-state index in [1.165, 1.54) is 0 Å². The first-order valence-electron chi connectivity index (χ1n) is 6.84. The van der Waals surface area contributed by atoms with E-state index < -0.39 is 9.84 Å². The Hall–Kier alpha value is -0.170. The summed E-state index contributed by atoms with van der Waals surface area (Å²) in [5, 5.41) is 12.5. The molecule has 108 valence electrons. The molecule has 0 amide bonds. The topological polar surface area (TPSA) is 69.6 Å². The molecule has 0 aliphatic carbocycles. The van der Waals surface area contributed by atoms with E-state index in [0.717, 1.165) is 38.9 Å². The van der Waals surface area contributed by atoms with Crippen LogP contribution in [0.1, 0.15) is 26.2 Å². The molecule has 6 heteroatoms. The summed E-state index contributed by atoms with van der Waals surface area (Å²) in [6, 6.07) is 0.129. The third kappa shape index (κ3) is 6.13. The Morgan fingerprint density at radius 1 is 1.33 bits per heavy atom. The fourth-order valence-electron chi connectivity index (χ4n) is 2.16. The van der Waals surface area contributed by atoms with E-state index in [1.54, 1.807) is 0 Å². The molecule has 5 nitrogen and oxygen atoms in total. The third-order valence-electron chi connectivity index (χ3n) is 3.35. The molecule has 1 saturated heterocycles. The highest BCUT2D eigenvalue weighted by Gasteiger charge is 2.19. The van der Waals surface area contributed by atoms with E-state index >= 15 is 0 Å². The molecule has 1 aliphatic heterocycles. The molecule has 0 aromatic carbocycles. The lowest BCUT2D eigenvalue weighted by molar-refractivity contribution is 0.210. The lowest BCUT2D eigenvalue weighted by Gasteiger charge is -2.23. The molecule has 18 heavy (non-hydrogen) atoms. The minimum Gasteiger partial charge on any atom is -0.395 e. The van der Waals surface area contributed by atoms with Gasteiger partial charge in [-0.25, -0.2) is 8.42 Å². The Morgan fingerprint density at radius 3 is 2.78 bits per heavy atom. The maximum Gasteiger partial charge on any atom is 0.151 e. The monoisotopic (exact) mass is 278 g/mol. The van der Waals surface area contributed by atoms with Crippen LogP contribution in [0.4, 0.5) is 0 Å². The van der Waals surface area contributed by atoms with Crippen LogP contribution in [0.5, 0.6) is 0 Å². The minimum atomic E-state index is -2.82. The van der Waals surface area contributed by atoms with Crippen LogP contribution in [-0.4, -0.2) is 68.8 Å². The molecular weight excluding hydrogens is 252 g/mol. The van der Waals surface area contributed by atoms with E-state index in [9.17, 15) is 13.5 Å². The summed E-state index contributed by atoms with van der Waals surface area (Å²) >= 11 is 0. The quantitative estimate of drug-likeness (QED) is 0.678. The Balaban J connectivity index is 2.29. The molecule has 1 fully saturated rings. The zero-order chi connectivity index (χ0) is 13.4. The Kier molecular flexibility index (Phi) is 7.14. The molecule has 0 spiro atoms. The van der Waals surface area contributed by atoms with Gasteiger partial charge in [-0.2, -0.15) is 0 Å². The zero-order valence-electron chi connectivity index (χ0n) is 11.3. The molecule has 2 N–H and O–H groups in total. The first-order valence-corrected chi connectivity index (χ1v) is 8.66. The van der Waals surface area contributed by atoms with Gasteiger partial charge in [-0.05, 0) is 38.9 Å². The van der Waals surface area contributed by atoms with Crippen LogP contribution < -0.4 is 5.32 Å². The normalized spacial score (nSPS) is 22.6. The van der Waals surface area contributed by atoms with Crippen molar-refractivity contribution >= 4 is 9.84 Å². The molecule has 0 aromatic rings. The van der Waals surface area contributed by atoms with Gasteiger partial charge in [-0.1, -0.05) is 6.92 Å². The fraction of sp³-hybridized carbons (Fsp3) is 1.00. The smallest absolute Gasteiger partial charge is 0.151 e. The van der Waals surface area contributed by atoms with Gasteiger partial charge in [0.1, 0.15) is 0 Å². The van der Waals surface area contributed by atoms with Gasteiger partial charge < -0.3 is 15.3 Å². The van der Waals surface area contributed by atoms with Crippen molar-refractivity contribution in [1.29, 1.82) is 0 Å². The predicted molar refractivity (Wildman–Crippen MR) is 73.5 cm³/mol. The molecule has 1 heterocycles. The van der Waals surface area contributed by atoms with Crippen molar-refractivity contribution < 1.29 is 13.5 Å². The summed E-state index contributed by atoms with van der Waals surface area (Å²) in [5.41, 5.74) is 0.